The van der Waals surface area contributed by atoms with E-state index in [0.29, 0.717) is 5.92 Å². The van der Waals surface area contributed by atoms with E-state index in [9.17, 15) is 0 Å². The number of benzene rings is 2. The molecule has 1 unspecified atom stereocenters. The van der Waals surface area contributed by atoms with Crippen LogP contribution in [0.2, 0.25) is 0 Å². The minimum Gasteiger partial charge on any atom is -0.0836 e. The van der Waals surface area contributed by atoms with Crippen LogP contribution in [0.3, 0.4) is 0 Å². The molecule has 0 saturated heterocycles. The molecule has 2 aromatic carbocycles. The average molecular weight is 457 g/mol. The van der Waals surface area contributed by atoms with Crippen molar-refractivity contribution in [3.05, 3.63) is 142 Å². The predicted octanol–water partition coefficient (Wildman–Crippen LogP) is 9.00. The zero-order valence-corrected chi connectivity index (χ0v) is 20.7. The molecule has 35 heavy (non-hydrogen) atoms. The first-order valence-corrected chi connectivity index (χ1v) is 13.6. The van der Waals surface area contributed by atoms with E-state index >= 15 is 0 Å². The molecular formula is C35H36. The number of hydrogen-bond acceptors (Lipinski definition) is 0. The highest BCUT2D eigenvalue weighted by molar-refractivity contribution is 5.60. The topological polar surface area (TPSA) is 0 Å². The Bertz CT molecular complexity index is 1220. The van der Waals surface area contributed by atoms with Crippen molar-refractivity contribution in [3.8, 4) is 0 Å². The van der Waals surface area contributed by atoms with Crippen molar-refractivity contribution in [3.63, 3.8) is 0 Å². The Labute approximate surface area is 211 Å². The van der Waals surface area contributed by atoms with E-state index in [2.05, 4.69) is 103 Å². The Hall–Kier alpha value is -3.12. The third-order valence-electron chi connectivity index (χ3n) is 8.47. The Morgan fingerprint density at radius 1 is 0.714 bits per heavy atom. The smallest absolute Gasteiger partial charge is 0.0281 e. The van der Waals surface area contributed by atoms with E-state index in [1.807, 2.05) is 0 Å². The van der Waals surface area contributed by atoms with Gasteiger partial charge >= 0.3 is 0 Å². The number of hydrogen-bond donors (Lipinski definition) is 0. The largest absolute Gasteiger partial charge is 0.0836 e. The van der Waals surface area contributed by atoms with Crippen molar-refractivity contribution in [2.75, 3.05) is 0 Å². The molecule has 1 saturated carbocycles. The van der Waals surface area contributed by atoms with Crippen LogP contribution in [0.15, 0.2) is 125 Å². The second kappa shape index (κ2) is 10.2. The van der Waals surface area contributed by atoms with Gasteiger partial charge in [-0.05, 0) is 102 Å². The Morgan fingerprint density at radius 3 is 2.29 bits per heavy atom. The molecule has 0 bridgehead atoms. The summed E-state index contributed by atoms with van der Waals surface area (Å²) in [6.45, 7) is 0. The van der Waals surface area contributed by atoms with E-state index in [-0.39, 0.29) is 0 Å². The fraction of sp³-hybridized carbons (Fsp3) is 0.314. The molecule has 4 aliphatic carbocycles. The summed E-state index contributed by atoms with van der Waals surface area (Å²) in [6, 6.07) is 20.6. The Balaban J connectivity index is 1.08. The molecule has 0 heterocycles. The van der Waals surface area contributed by atoms with Crippen LogP contribution in [-0.2, 0) is 12.8 Å². The van der Waals surface area contributed by atoms with Crippen molar-refractivity contribution in [2.45, 2.75) is 57.3 Å². The number of fused-ring (bicyclic) bond motifs is 1. The first-order chi connectivity index (χ1) is 17.3. The second-order valence-electron chi connectivity index (χ2n) is 10.8. The molecule has 1 atom stereocenters. The van der Waals surface area contributed by atoms with Gasteiger partial charge in [0.15, 0.2) is 0 Å². The Kier molecular flexibility index (Phi) is 6.54. The van der Waals surface area contributed by atoms with Gasteiger partial charge in [0.25, 0.3) is 0 Å². The average Bonchev–Trinajstić information content (AvgIpc) is 3.42. The van der Waals surface area contributed by atoms with Crippen LogP contribution in [-0.4, -0.2) is 0 Å². The summed E-state index contributed by atoms with van der Waals surface area (Å²) in [5.41, 5.74) is 10.3. The molecule has 0 amide bonds. The highest BCUT2D eigenvalue weighted by Crippen LogP contribution is 2.41. The molecule has 0 spiro atoms. The molecule has 0 radical (unpaired) electrons. The van der Waals surface area contributed by atoms with Crippen LogP contribution in [0.25, 0.3) is 0 Å². The maximum Gasteiger partial charge on any atom is 0.0281 e. The minimum atomic E-state index is 0.425. The predicted molar refractivity (Wildman–Crippen MR) is 148 cm³/mol. The van der Waals surface area contributed by atoms with Crippen LogP contribution in [0, 0.1) is 11.8 Å². The van der Waals surface area contributed by atoms with Gasteiger partial charge in [0, 0.05) is 5.92 Å². The van der Waals surface area contributed by atoms with Gasteiger partial charge in [0.05, 0.1) is 0 Å². The third kappa shape index (κ3) is 4.98. The monoisotopic (exact) mass is 456 g/mol. The van der Waals surface area contributed by atoms with Gasteiger partial charge in [-0.3, -0.25) is 0 Å². The first-order valence-electron chi connectivity index (χ1n) is 13.6. The van der Waals surface area contributed by atoms with Crippen LogP contribution < -0.4 is 0 Å². The molecular weight excluding hydrogens is 420 g/mol. The van der Waals surface area contributed by atoms with Crippen molar-refractivity contribution in [1.29, 1.82) is 0 Å². The molecule has 4 aliphatic rings. The molecule has 176 valence electrons. The summed E-state index contributed by atoms with van der Waals surface area (Å²) >= 11 is 0. The van der Waals surface area contributed by atoms with Crippen LogP contribution in [0.1, 0.15) is 61.1 Å². The molecule has 0 aliphatic heterocycles. The second-order valence-corrected chi connectivity index (χ2v) is 10.8. The van der Waals surface area contributed by atoms with Gasteiger partial charge in [-0.2, -0.15) is 0 Å². The van der Waals surface area contributed by atoms with E-state index in [0.717, 1.165) is 24.7 Å². The molecule has 6 rings (SSSR count). The van der Waals surface area contributed by atoms with Crippen molar-refractivity contribution in [2.24, 2.45) is 11.8 Å². The van der Waals surface area contributed by atoms with Crippen LogP contribution in [0.4, 0.5) is 0 Å². The molecule has 0 aromatic heterocycles. The summed E-state index contributed by atoms with van der Waals surface area (Å²) in [6.07, 6.45) is 28.7. The summed E-state index contributed by atoms with van der Waals surface area (Å²) < 4.78 is 0. The van der Waals surface area contributed by atoms with E-state index in [4.69, 9.17) is 0 Å². The van der Waals surface area contributed by atoms with Gasteiger partial charge in [-0.25, -0.2) is 0 Å². The summed E-state index contributed by atoms with van der Waals surface area (Å²) in [4.78, 5) is 0. The summed E-state index contributed by atoms with van der Waals surface area (Å²) in [5.74, 6) is 2.03. The minimum absolute atomic E-state index is 0.425. The summed E-state index contributed by atoms with van der Waals surface area (Å²) in [7, 11) is 0. The van der Waals surface area contributed by atoms with E-state index in [1.54, 1.807) is 0 Å². The van der Waals surface area contributed by atoms with Gasteiger partial charge in [-0.15, -0.1) is 0 Å². The fourth-order valence-electron chi connectivity index (χ4n) is 6.48. The van der Waals surface area contributed by atoms with E-state index < -0.39 is 0 Å². The maximum atomic E-state index is 2.40. The van der Waals surface area contributed by atoms with Gasteiger partial charge < -0.3 is 0 Å². The Morgan fingerprint density at radius 2 is 1.51 bits per heavy atom. The molecule has 2 aromatic rings. The third-order valence-corrected chi connectivity index (χ3v) is 8.47. The highest BCUT2D eigenvalue weighted by Gasteiger charge is 2.27. The SMILES string of the molecule is C1=CC2C(C3=CCCC=C3)=CC=C(Cc3ccc(CC4CCC(c5ccccc5)CC4)cc3)C2=C1. The van der Waals surface area contributed by atoms with Gasteiger partial charge in [0.1, 0.15) is 0 Å². The molecule has 1 fully saturated rings. The lowest BCUT2D eigenvalue weighted by molar-refractivity contribution is 0.324. The highest BCUT2D eigenvalue weighted by atomic mass is 14.3. The zero-order chi connectivity index (χ0) is 23.5. The van der Waals surface area contributed by atoms with Gasteiger partial charge in [0.2, 0.25) is 0 Å². The zero-order valence-electron chi connectivity index (χ0n) is 20.7. The molecule has 0 N–H and O–H groups in total. The quantitative estimate of drug-likeness (QED) is 0.407. The maximum absolute atomic E-state index is 2.40. The fourth-order valence-corrected chi connectivity index (χ4v) is 6.48. The molecule has 0 heteroatoms. The van der Waals surface area contributed by atoms with Crippen molar-refractivity contribution < 1.29 is 0 Å². The lowest BCUT2D eigenvalue weighted by Crippen LogP contribution is -2.15. The van der Waals surface area contributed by atoms with Crippen molar-refractivity contribution >= 4 is 0 Å². The van der Waals surface area contributed by atoms with Gasteiger partial charge in [-0.1, -0.05) is 103 Å². The number of allylic oxidation sites excluding steroid dienone is 12. The lowest BCUT2D eigenvalue weighted by atomic mass is 9.76. The number of rotatable bonds is 6. The van der Waals surface area contributed by atoms with Crippen molar-refractivity contribution in [1.82, 2.24) is 0 Å². The first kappa shape index (κ1) is 22.4. The van der Waals surface area contributed by atoms with Crippen LogP contribution >= 0.6 is 0 Å². The molecule has 0 nitrogen and oxygen atoms in total. The summed E-state index contributed by atoms with van der Waals surface area (Å²) in [5, 5.41) is 0. The normalized spacial score (nSPS) is 25.4. The lowest BCUT2D eigenvalue weighted by Gasteiger charge is -2.29. The van der Waals surface area contributed by atoms with Crippen LogP contribution in [0.5, 0.6) is 0 Å². The standard InChI is InChI=1S/C35H36/c1-3-8-29(9-4-1)30-20-18-27(19-21-30)24-26-14-16-28(17-15-26)25-32-22-23-34(31-10-5-2-6-11-31)35-13-7-12-33(32)35/h1,3-5,7-17,22-23,27,30,35H,2,6,18-21,24-25H2. The van der Waals surface area contributed by atoms with E-state index in [1.165, 1.54) is 77.5 Å².